The molecule has 2 amide bonds. The van der Waals surface area contributed by atoms with Crippen LogP contribution in [0.15, 0.2) is 47.4 Å². The molecule has 182 valence electrons. The van der Waals surface area contributed by atoms with Gasteiger partial charge in [0, 0.05) is 7.05 Å². The summed E-state index contributed by atoms with van der Waals surface area (Å²) in [6, 6.07) is 11.1. The zero-order chi connectivity index (χ0) is 25.4. The second-order valence-corrected chi connectivity index (χ2v) is 9.54. The maximum absolute atomic E-state index is 13.5. The number of carbonyl (C=O) groups excluding carboxylic acids is 2. The van der Waals surface area contributed by atoms with Crippen molar-refractivity contribution < 1.29 is 29.0 Å². The summed E-state index contributed by atoms with van der Waals surface area (Å²) in [4.78, 5) is 40.5. The number of hydrogen-bond donors (Lipinski definition) is 1. The number of aromatic carboxylic acids is 1. The molecule has 0 spiro atoms. The van der Waals surface area contributed by atoms with E-state index in [0.29, 0.717) is 5.69 Å². The number of ether oxygens (including phenoxy) is 2. The number of nitrogens with zero attached hydrogens (tertiary/aromatic N) is 3. The molecule has 0 unspecified atom stereocenters. The van der Waals surface area contributed by atoms with Gasteiger partial charge in [-0.1, -0.05) is 48.2 Å². The molecule has 2 aromatic carbocycles. The number of anilines is 1. The number of hydrazine groups is 1. The van der Waals surface area contributed by atoms with Gasteiger partial charge >= 0.3 is 5.97 Å². The highest BCUT2D eigenvalue weighted by molar-refractivity contribution is 8.26. The SMILES string of the molecule is COc1ccc(/C=C2\SC(=S)N([C@@H]3C(=O)N(c4ccccc4)N(C)[C@H]3C)C2=O)c(C(=O)O)c1OC. The topological polar surface area (TPSA) is 99.6 Å². The van der Waals surface area contributed by atoms with Crippen molar-refractivity contribution in [2.24, 2.45) is 0 Å². The van der Waals surface area contributed by atoms with Crippen molar-refractivity contribution in [3.05, 3.63) is 58.5 Å². The van der Waals surface area contributed by atoms with E-state index in [1.807, 2.05) is 37.3 Å². The largest absolute Gasteiger partial charge is 0.493 e. The molecule has 9 nitrogen and oxygen atoms in total. The summed E-state index contributed by atoms with van der Waals surface area (Å²) < 4.78 is 10.7. The van der Waals surface area contributed by atoms with Gasteiger partial charge in [0.2, 0.25) is 0 Å². The van der Waals surface area contributed by atoms with Crippen molar-refractivity contribution in [3.63, 3.8) is 0 Å². The highest BCUT2D eigenvalue weighted by Gasteiger charge is 2.51. The van der Waals surface area contributed by atoms with Gasteiger partial charge in [0.05, 0.1) is 30.9 Å². The fraction of sp³-hybridized carbons (Fsp3) is 0.250. The van der Waals surface area contributed by atoms with Gasteiger partial charge in [-0.15, -0.1) is 0 Å². The number of carboxylic acid groups (broad SMARTS) is 1. The van der Waals surface area contributed by atoms with Crippen molar-refractivity contribution in [2.45, 2.75) is 19.0 Å². The molecule has 35 heavy (non-hydrogen) atoms. The fourth-order valence-electron chi connectivity index (χ4n) is 4.22. The summed E-state index contributed by atoms with van der Waals surface area (Å²) in [5.74, 6) is -1.67. The van der Waals surface area contributed by atoms with Crippen LogP contribution in [0.3, 0.4) is 0 Å². The third-order valence-electron chi connectivity index (χ3n) is 6.00. The number of amides is 2. The minimum absolute atomic E-state index is 0.0453. The third-order valence-corrected chi connectivity index (χ3v) is 7.33. The first-order valence-corrected chi connectivity index (χ1v) is 11.8. The van der Waals surface area contributed by atoms with Crippen LogP contribution in [0.1, 0.15) is 22.8 Å². The van der Waals surface area contributed by atoms with Crippen LogP contribution < -0.4 is 14.5 Å². The minimum Gasteiger partial charge on any atom is -0.493 e. The first-order valence-electron chi connectivity index (χ1n) is 10.6. The number of hydrogen-bond acceptors (Lipinski definition) is 8. The van der Waals surface area contributed by atoms with Crippen LogP contribution >= 0.6 is 24.0 Å². The van der Waals surface area contributed by atoms with E-state index in [0.717, 1.165) is 11.8 Å². The Kier molecular flexibility index (Phi) is 6.84. The van der Waals surface area contributed by atoms with E-state index in [1.165, 1.54) is 36.3 Å². The highest BCUT2D eigenvalue weighted by atomic mass is 32.2. The molecule has 2 saturated heterocycles. The number of likely N-dealkylation sites (N-methyl/N-ethyl adjacent to an activating group) is 1. The van der Waals surface area contributed by atoms with Crippen LogP contribution in [0, 0.1) is 0 Å². The fourth-order valence-corrected chi connectivity index (χ4v) is 5.54. The number of rotatable bonds is 6. The van der Waals surface area contributed by atoms with E-state index >= 15 is 0 Å². The predicted molar refractivity (Wildman–Crippen MR) is 136 cm³/mol. The number of carboxylic acids is 1. The number of benzene rings is 2. The predicted octanol–water partition coefficient (Wildman–Crippen LogP) is 3.25. The molecule has 0 radical (unpaired) electrons. The highest BCUT2D eigenvalue weighted by Crippen LogP contribution is 2.40. The van der Waals surface area contributed by atoms with Crippen molar-refractivity contribution >= 4 is 57.8 Å². The molecular formula is C24H23N3O6S2. The Bertz CT molecular complexity index is 1250. The number of thiocarbonyl (C=S) groups is 1. The van der Waals surface area contributed by atoms with Crippen LogP contribution in [0.2, 0.25) is 0 Å². The maximum Gasteiger partial charge on any atom is 0.340 e. The average Bonchev–Trinajstić information content (AvgIpc) is 3.23. The molecule has 2 aliphatic rings. The third kappa shape index (κ3) is 4.15. The standard InChI is InChI=1S/C24H23N3O6S2/c1-13-19(22(29)27(25(13)2)15-8-6-5-7-9-15)26-21(28)17(35-24(26)34)12-14-10-11-16(32-3)20(33-4)18(14)23(30)31/h5-13,19H,1-4H3,(H,30,31)/b17-12-/t13-,19-/m0/s1. The summed E-state index contributed by atoms with van der Waals surface area (Å²) in [6.07, 6.45) is 1.45. The molecule has 2 aliphatic heterocycles. The van der Waals surface area contributed by atoms with E-state index < -0.39 is 17.9 Å². The van der Waals surface area contributed by atoms with Crippen LogP contribution in [0.5, 0.6) is 11.5 Å². The van der Waals surface area contributed by atoms with E-state index in [1.54, 1.807) is 18.1 Å². The van der Waals surface area contributed by atoms with Crippen molar-refractivity contribution in [3.8, 4) is 11.5 Å². The quantitative estimate of drug-likeness (QED) is 0.461. The summed E-state index contributed by atoms with van der Waals surface area (Å²) in [5, 5.41) is 13.1. The lowest BCUT2D eigenvalue weighted by Gasteiger charge is -2.26. The van der Waals surface area contributed by atoms with Gasteiger partial charge in [0.1, 0.15) is 15.9 Å². The van der Waals surface area contributed by atoms with Gasteiger partial charge in [0.25, 0.3) is 11.8 Å². The first-order chi connectivity index (χ1) is 16.7. The molecule has 4 rings (SSSR count). The molecule has 2 atom stereocenters. The van der Waals surface area contributed by atoms with E-state index in [-0.39, 0.29) is 43.8 Å². The Hall–Kier alpha value is -3.41. The number of carbonyl (C=O) groups is 3. The molecule has 0 saturated carbocycles. The number of thioether (sulfide) groups is 1. The van der Waals surface area contributed by atoms with Gasteiger partial charge < -0.3 is 14.6 Å². The van der Waals surface area contributed by atoms with Crippen molar-refractivity contribution in [1.29, 1.82) is 0 Å². The van der Waals surface area contributed by atoms with Crippen molar-refractivity contribution in [2.75, 3.05) is 26.3 Å². The Balaban J connectivity index is 1.71. The second kappa shape index (κ2) is 9.68. The molecule has 2 aromatic rings. The average molecular weight is 514 g/mol. The molecule has 0 aromatic heterocycles. The van der Waals surface area contributed by atoms with Gasteiger partial charge in [-0.05, 0) is 36.8 Å². The summed E-state index contributed by atoms with van der Waals surface area (Å²) in [7, 11) is 4.53. The van der Waals surface area contributed by atoms with Gasteiger partial charge in [0.15, 0.2) is 11.5 Å². The number of para-hydroxylation sites is 1. The molecular weight excluding hydrogens is 490 g/mol. The Morgan fingerprint density at radius 3 is 2.40 bits per heavy atom. The normalized spacial score (nSPS) is 21.8. The molecule has 0 bridgehead atoms. The summed E-state index contributed by atoms with van der Waals surface area (Å²) in [6.45, 7) is 1.85. The van der Waals surface area contributed by atoms with Gasteiger partial charge in [-0.25, -0.2) is 14.8 Å². The van der Waals surface area contributed by atoms with Gasteiger partial charge in [-0.3, -0.25) is 14.5 Å². The van der Waals surface area contributed by atoms with Gasteiger partial charge in [-0.2, -0.15) is 0 Å². The smallest absolute Gasteiger partial charge is 0.340 e. The molecule has 1 N–H and O–H groups in total. The van der Waals surface area contributed by atoms with E-state index in [2.05, 4.69) is 0 Å². The Morgan fingerprint density at radius 2 is 1.80 bits per heavy atom. The lowest BCUT2D eigenvalue weighted by Crippen LogP contribution is -2.48. The lowest BCUT2D eigenvalue weighted by molar-refractivity contribution is -0.130. The minimum atomic E-state index is -1.23. The summed E-state index contributed by atoms with van der Waals surface area (Å²) in [5.41, 5.74) is 0.800. The molecule has 2 heterocycles. The molecule has 2 fully saturated rings. The summed E-state index contributed by atoms with van der Waals surface area (Å²) >= 11 is 6.52. The molecule has 0 aliphatic carbocycles. The zero-order valence-electron chi connectivity index (χ0n) is 19.4. The zero-order valence-corrected chi connectivity index (χ0v) is 21.1. The van der Waals surface area contributed by atoms with Crippen LogP contribution in [-0.2, 0) is 9.59 Å². The van der Waals surface area contributed by atoms with E-state index in [4.69, 9.17) is 21.7 Å². The number of methoxy groups -OCH3 is 2. The maximum atomic E-state index is 13.5. The Morgan fingerprint density at radius 1 is 1.11 bits per heavy atom. The van der Waals surface area contributed by atoms with E-state index in [9.17, 15) is 19.5 Å². The first kappa shape index (κ1) is 24.7. The molecule has 11 heteroatoms. The second-order valence-electron chi connectivity index (χ2n) is 7.87. The van der Waals surface area contributed by atoms with Crippen LogP contribution in [-0.4, -0.2) is 70.5 Å². The monoisotopic (exact) mass is 513 g/mol. The van der Waals surface area contributed by atoms with Crippen LogP contribution in [0.25, 0.3) is 6.08 Å². The van der Waals surface area contributed by atoms with Crippen molar-refractivity contribution in [1.82, 2.24) is 9.91 Å². The van der Waals surface area contributed by atoms with Crippen LogP contribution in [0.4, 0.5) is 5.69 Å². The lowest BCUT2D eigenvalue weighted by atomic mass is 10.0. The Labute approximate surface area is 211 Å².